The third-order valence-corrected chi connectivity index (χ3v) is 5.28. The average molecular weight is 495 g/mol. The maximum atomic E-state index is 5.38. The van der Waals surface area contributed by atoms with Crippen LogP contribution in [0.4, 0.5) is 0 Å². The van der Waals surface area contributed by atoms with Gasteiger partial charge in [-0.05, 0) is 51.1 Å². The van der Waals surface area contributed by atoms with E-state index in [1.165, 1.54) is 5.56 Å². The van der Waals surface area contributed by atoms with Crippen molar-refractivity contribution in [1.82, 2.24) is 10.2 Å². The first kappa shape index (κ1) is 25.2. The zero-order chi connectivity index (χ0) is 18.9. The van der Waals surface area contributed by atoms with Crippen molar-refractivity contribution in [2.75, 3.05) is 47.2 Å². The van der Waals surface area contributed by atoms with E-state index in [4.69, 9.17) is 14.5 Å². The maximum Gasteiger partial charge on any atom is 0.193 e. The molecule has 0 radical (unpaired) electrons. The molecule has 0 saturated carbocycles. The minimum absolute atomic E-state index is 0. The molecule has 7 heteroatoms. The molecule has 0 aliphatic carbocycles. The molecule has 0 amide bonds. The van der Waals surface area contributed by atoms with Crippen molar-refractivity contribution in [2.24, 2.45) is 4.99 Å². The van der Waals surface area contributed by atoms with Gasteiger partial charge >= 0.3 is 0 Å². The third-order valence-electron chi connectivity index (χ3n) is 4.04. The summed E-state index contributed by atoms with van der Waals surface area (Å²) in [7, 11) is 5.39. The van der Waals surface area contributed by atoms with E-state index in [0.717, 1.165) is 43.5 Å². The number of ether oxygens (including phenoxy) is 2. The first-order valence-corrected chi connectivity index (χ1v) is 9.84. The molecule has 1 rings (SSSR count). The minimum Gasteiger partial charge on any atom is -0.493 e. The maximum absolute atomic E-state index is 5.38. The number of guanidine groups is 1. The number of nitrogens with one attached hydrogen (secondary N) is 1. The van der Waals surface area contributed by atoms with Crippen LogP contribution in [0.2, 0.25) is 0 Å². The van der Waals surface area contributed by atoms with Crippen molar-refractivity contribution in [2.45, 2.75) is 31.9 Å². The van der Waals surface area contributed by atoms with Crippen LogP contribution >= 0.6 is 35.7 Å². The van der Waals surface area contributed by atoms with Gasteiger partial charge in [0, 0.05) is 24.9 Å². The van der Waals surface area contributed by atoms with E-state index in [9.17, 15) is 0 Å². The quantitative estimate of drug-likeness (QED) is 0.320. The molecule has 0 aliphatic rings. The molecular formula is C19H34IN3O2S. The van der Waals surface area contributed by atoms with Crippen LogP contribution in [0.5, 0.6) is 11.5 Å². The van der Waals surface area contributed by atoms with Gasteiger partial charge in [0.05, 0.1) is 20.8 Å². The number of likely N-dealkylation sites (N-methyl/N-ethyl adjacent to an activating group) is 1. The molecule has 0 spiro atoms. The van der Waals surface area contributed by atoms with Crippen LogP contribution in [0.15, 0.2) is 23.2 Å². The fourth-order valence-corrected chi connectivity index (χ4v) is 2.43. The van der Waals surface area contributed by atoms with Crippen LogP contribution in [-0.2, 0) is 6.42 Å². The number of rotatable bonds is 9. The topological polar surface area (TPSA) is 46.1 Å². The molecule has 0 aliphatic heterocycles. The molecule has 1 aromatic carbocycles. The fourth-order valence-electron chi connectivity index (χ4n) is 2.24. The average Bonchev–Trinajstić information content (AvgIpc) is 2.62. The number of hydrogen-bond donors (Lipinski definition) is 1. The molecule has 0 bridgehead atoms. The van der Waals surface area contributed by atoms with Crippen LogP contribution in [0.3, 0.4) is 0 Å². The van der Waals surface area contributed by atoms with Crippen molar-refractivity contribution < 1.29 is 9.47 Å². The van der Waals surface area contributed by atoms with Gasteiger partial charge in [-0.2, -0.15) is 11.8 Å². The Morgan fingerprint density at radius 1 is 1.23 bits per heavy atom. The summed E-state index contributed by atoms with van der Waals surface area (Å²) in [5.41, 5.74) is 1.21. The van der Waals surface area contributed by atoms with E-state index < -0.39 is 0 Å². The van der Waals surface area contributed by atoms with Crippen molar-refractivity contribution >= 4 is 41.7 Å². The molecule has 0 heterocycles. The van der Waals surface area contributed by atoms with Crippen LogP contribution in [-0.4, -0.2) is 62.8 Å². The van der Waals surface area contributed by atoms with E-state index in [1.54, 1.807) is 14.2 Å². The lowest BCUT2D eigenvalue weighted by atomic mass is 10.1. The van der Waals surface area contributed by atoms with Gasteiger partial charge in [0.1, 0.15) is 0 Å². The highest BCUT2D eigenvalue weighted by molar-refractivity contribution is 14.0. The molecule has 26 heavy (non-hydrogen) atoms. The number of halogens is 1. The lowest BCUT2D eigenvalue weighted by Gasteiger charge is -2.25. The third kappa shape index (κ3) is 8.24. The molecule has 0 fully saturated rings. The summed E-state index contributed by atoms with van der Waals surface area (Å²) in [4.78, 5) is 6.97. The first-order valence-electron chi connectivity index (χ1n) is 8.62. The normalized spacial score (nSPS) is 11.6. The van der Waals surface area contributed by atoms with E-state index in [0.29, 0.717) is 0 Å². The minimum atomic E-state index is 0. The second kappa shape index (κ2) is 12.5. The highest BCUT2D eigenvalue weighted by atomic mass is 127. The van der Waals surface area contributed by atoms with Crippen molar-refractivity contribution in [3.05, 3.63) is 23.8 Å². The Morgan fingerprint density at radius 2 is 1.88 bits per heavy atom. The van der Waals surface area contributed by atoms with Gasteiger partial charge in [-0.25, -0.2) is 0 Å². The largest absolute Gasteiger partial charge is 0.493 e. The standard InChI is InChI=1S/C19H33N3O2S.HI/c1-8-20-18(21-14-19(2,3)25-7)22(4)12-11-15-9-10-16(23-5)17(13-15)24-6;/h9-10,13H,8,11-12,14H2,1-7H3,(H,20,21);1H. The highest BCUT2D eigenvalue weighted by Crippen LogP contribution is 2.27. The van der Waals surface area contributed by atoms with Crippen LogP contribution in [0, 0.1) is 0 Å². The number of thioether (sulfide) groups is 1. The number of methoxy groups -OCH3 is 2. The summed E-state index contributed by atoms with van der Waals surface area (Å²) in [6, 6.07) is 6.07. The number of aliphatic imine (C=N–C) groups is 1. The number of hydrogen-bond acceptors (Lipinski definition) is 4. The monoisotopic (exact) mass is 495 g/mol. The Kier molecular flexibility index (Phi) is 12.1. The molecule has 0 aromatic heterocycles. The van der Waals surface area contributed by atoms with Crippen molar-refractivity contribution in [1.29, 1.82) is 0 Å². The summed E-state index contributed by atoms with van der Waals surface area (Å²) < 4.78 is 10.8. The van der Waals surface area contributed by atoms with Gasteiger partial charge in [-0.3, -0.25) is 4.99 Å². The lowest BCUT2D eigenvalue weighted by Crippen LogP contribution is -2.40. The first-order chi connectivity index (χ1) is 11.9. The Bertz CT molecular complexity index is 568. The smallest absolute Gasteiger partial charge is 0.193 e. The summed E-state index contributed by atoms with van der Waals surface area (Å²) >= 11 is 1.84. The van der Waals surface area contributed by atoms with Gasteiger partial charge in [0.2, 0.25) is 0 Å². The number of nitrogens with zero attached hydrogens (tertiary/aromatic N) is 2. The molecule has 150 valence electrons. The lowest BCUT2D eigenvalue weighted by molar-refractivity contribution is 0.354. The molecule has 0 saturated heterocycles. The SMILES string of the molecule is CCNC(=NCC(C)(C)SC)N(C)CCc1ccc(OC)c(OC)c1.I. The van der Waals surface area contributed by atoms with E-state index in [2.05, 4.69) is 50.4 Å². The predicted octanol–water partition coefficient (Wildman–Crippen LogP) is 3.90. The zero-order valence-electron chi connectivity index (χ0n) is 17.1. The molecule has 1 aromatic rings. The summed E-state index contributed by atoms with van der Waals surface area (Å²) in [5.74, 6) is 2.48. The van der Waals surface area contributed by atoms with Gasteiger partial charge in [-0.15, -0.1) is 24.0 Å². The van der Waals surface area contributed by atoms with Gasteiger partial charge in [-0.1, -0.05) is 6.07 Å². The van der Waals surface area contributed by atoms with E-state index in [1.807, 2.05) is 23.9 Å². The number of benzene rings is 1. The summed E-state index contributed by atoms with van der Waals surface area (Å²) in [5, 5.41) is 3.38. The van der Waals surface area contributed by atoms with Crippen LogP contribution in [0.1, 0.15) is 26.3 Å². The molecule has 0 atom stereocenters. The van der Waals surface area contributed by atoms with Gasteiger partial charge in [0.25, 0.3) is 0 Å². The molecule has 1 N–H and O–H groups in total. The Balaban J connectivity index is 0.00000625. The van der Waals surface area contributed by atoms with Gasteiger partial charge in [0.15, 0.2) is 17.5 Å². The summed E-state index contributed by atoms with van der Waals surface area (Å²) in [6.07, 6.45) is 3.04. The highest BCUT2D eigenvalue weighted by Gasteiger charge is 2.16. The molecular weight excluding hydrogens is 461 g/mol. The second-order valence-corrected chi connectivity index (χ2v) is 8.01. The van der Waals surface area contributed by atoms with E-state index in [-0.39, 0.29) is 28.7 Å². The molecule has 0 unspecified atom stereocenters. The van der Waals surface area contributed by atoms with Crippen molar-refractivity contribution in [3.63, 3.8) is 0 Å². The van der Waals surface area contributed by atoms with Gasteiger partial charge < -0.3 is 19.7 Å². The molecule has 5 nitrogen and oxygen atoms in total. The zero-order valence-corrected chi connectivity index (χ0v) is 20.2. The Hall–Kier alpha value is -0.830. The predicted molar refractivity (Wildman–Crippen MR) is 125 cm³/mol. The van der Waals surface area contributed by atoms with Crippen molar-refractivity contribution in [3.8, 4) is 11.5 Å². The van der Waals surface area contributed by atoms with E-state index >= 15 is 0 Å². The second-order valence-electron chi connectivity index (χ2n) is 6.49. The summed E-state index contributed by atoms with van der Waals surface area (Å²) in [6.45, 7) is 9.05. The van der Waals surface area contributed by atoms with Crippen LogP contribution in [0.25, 0.3) is 0 Å². The fraction of sp³-hybridized carbons (Fsp3) is 0.632. The Labute approximate surface area is 180 Å². The van der Waals surface area contributed by atoms with Crippen LogP contribution < -0.4 is 14.8 Å². The Morgan fingerprint density at radius 3 is 2.42 bits per heavy atom.